The highest BCUT2D eigenvalue weighted by Gasteiger charge is 2.15. The number of aromatic nitrogens is 1. The average Bonchev–Trinajstić information content (AvgIpc) is 2.96. The maximum atomic E-state index is 11.7. The quantitative estimate of drug-likeness (QED) is 0.476. The van der Waals surface area contributed by atoms with Crippen LogP contribution in [0.5, 0.6) is 0 Å². The van der Waals surface area contributed by atoms with Crippen LogP contribution in [0.2, 0.25) is 0 Å². The van der Waals surface area contributed by atoms with E-state index in [1.807, 2.05) is 24.3 Å². The van der Waals surface area contributed by atoms with Crippen molar-refractivity contribution in [1.29, 1.82) is 0 Å². The molecule has 1 amide bonds. The minimum atomic E-state index is -0.862. The maximum Gasteiger partial charge on any atom is 0.331 e. The predicted molar refractivity (Wildman–Crippen MR) is 89.1 cm³/mol. The maximum absolute atomic E-state index is 11.7. The second kappa shape index (κ2) is 8.40. The first-order valence-electron chi connectivity index (χ1n) is 7.11. The first-order chi connectivity index (χ1) is 11.1. The first kappa shape index (κ1) is 17.1. The lowest BCUT2D eigenvalue weighted by Crippen LogP contribution is -2.37. The van der Waals surface area contributed by atoms with Crippen molar-refractivity contribution < 1.29 is 19.1 Å². The van der Waals surface area contributed by atoms with Crippen molar-refractivity contribution in [2.24, 2.45) is 0 Å². The smallest absolute Gasteiger partial charge is 0.331 e. The zero-order valence-corrected chi connectivity index (χ0v) is 13.8. The van der Waals surface area contributed by atoms with Gasteiger partial charge in [0.25, 0.3) is 5.91 Å². The van der Waals surface area contributed by atoms with E-state index in [1.165, 1.54) is 24.3 Å². The number of thiazole rings is 1. The van der Waals surface area contributed by atoms with Crippen LogP contribution in [0.3, 0.4) is 0 Å². The number of ether oxygens (including phenoxy) is 2. The van der Waals surface area contributed by atoms with Crippen LogP contribution < -0.4 is 5.32 Å². The normalized spacial score (nSPS) is 12.4. The lowest BCUT2D eigenvalue weighted by Gasteiger charge is -2.11. The molecule has 0 spiro atoms. The number of amides is 1. The molecule has 122 valence electrons. The van der Waals surface area contributed by atoms with Crippen LogP contribution in [-0.2, 0) is 19.1 Å². The molecule has 6 nitrogen and oxygen atoms in total. The van der Waals surface area contributed by atoms with E-state index in [0.29, 0.717) is 18.2 Å². The van der Waals surface area contributed by atoms with E-state index in [1.54, 1.807) is 13.2 Å². The molecule has 2 aromatic rings. The van der Waals surface area contributed by atoms with Crippen molar-refractivity contribution >= 4 is 39.5 Å². The van der Waals surface area contributed by atoms with Gasteiger partial charge in [-0.3, -0.25) is 4.79 Å². The van der Waals surface area contributed by atoms with Gasteiger partial charge in [0.1, 0.15) is 5.01 Å². The Hall–Kier alpha value is -2.25. The number of esters is 1. The summed E-state index contributed by atoms with van der Waals surface area (Å²) < 4.78 is 10.9. The molecule has 7 heteroatoms. The Kier molecular flexibility index (Phi) is 6.25. The van der Waals surface area contributed by atoms with E-state index < -0.39 is 12.1 Å². The highest BCUT2D eigenvalue weighted by Crippen LogP contribution is 2.22. The van der Waals surface area contributed by atoms with Crippen molar-refractivity contribution in [3.63, 3.8) is 0 Å². The van der Waals surface area contributed by atoms with Crippen LogP contribution in [0.25, 0.3) is 16.3 Å². The molecule has 1 heterocycles. The lowest BCUT2D eigenvalue weighted by molar-refractivity contribution is -0.150. The number of rotatable bonds is 7. The molecule has 0 saturated carbocycles. The second-order valence-corrected chi connectivity index (χ2v) is 5.78. The highest BCUT2D eigenvalue weighted by atomic mass is 32.1. The predicted octanol–water partition coefficient (Wildman–Crippen LogP) is 2.00. The lowest BCUT2D eigenvalue weighted by atomic mass is 10.3. The Bertz CT molecular complexity index is 678. The van der Waals surface area contributed by atoms with Crippen LogP contribution in [0.1, 0.15) is 11.9 Å². The average molecular weight is 334 g/mol. The van der Waals surface area contributed by atoms with Gasteiger partial charge in [-0.2, -0.15) is 0 Å². The fraction of sp³-hybridized carbons (Fsp3) is 0.312. The summed E-state index contributed by atoms with van der Waals surface area (Å²) in [6.07, 6.45) is 2.00. The molecule has 1 N–H and O–H groups in total. The topological polar surface area (TPSA) is 77.5 Å². The Morgan fingerprint density at radius 1 is 1.39 bits per heavy atom. The van der Waals surface area contributed by atoms with Crippen molar-refractivity contribution in [1.82, 2.24) is 10.3 Å². The number of methoxy groups -OCH3 is 1. The number of carbonyl (C=O) groups excluding carboxylic acids is 2. The Morgan fingerprint density at radius 2 is 2.17 bits per heavy atom. The Morgan fingerprint density at radius 3 is 2.91 bits per heavy atom. The number of para-hydroxylation sites is 1. The fourth-order valence-corrected chi connectivity index (χ4v) is 2.66. The third kappa shape index (κ3) is 5.15. The number of carbonyl (C=O) groups is 2. The van der Waals surface area contributed by atoms with Crippen LogP contribution in [0.4, 0.5) is 0 Å². The molecule has 1 atom stereocenters. The van der Waals surface area contributed by atoms with Crippen LogP contribution >= 0.6 is 11.3 Å². The highest BCUT2D eigenvalue weighted by molar-refractivity contribution is 7.19. The molecule has 0 saturated heterocycles. The summed E-state index contributed by atoms with van der Waals surface area (Å²) in [4.78, 5) is 27.8. The van der Waals surface area contributed by atoms with Gasteiger partial charge in [-0.1, -0.05) is 12.1 Å². The zero-order valence-electron chi connectivity index (χ0n) is 12.9. The van der Waals surface area contributed by atoms with E-state index in [9.17, 15) is 9.59 Å². The fourth-order valence-electron chi connectivity index (χ4n) is 1.79. The molecule has 0 fully saturated rings. The summed E-state index contributed by atoms with van der Waals surface area (Å²) in [6.45, 7) is 2.30. The zero-order chi connectivity index (χ0) is 16.7. The molecule has 0 aliphatic carbocycles. The molecular weight excluding hydrogens is 316 g/mol. The molecule has 0 aliphatic rings. The summed E-state index contributed by atoms with van der Waals surface area (Å²) in [5, 5.41) is 3.31. The van der Waals surface area contributed by atoms with Gasteiger partial charge < -0.3 is 14.8 Å². The third-order valence-electron chi connectivity index (χ3n) is 2.94. The number of nitrogens with zero attached hydrogens (tertiary/aromatic N) is 1. The Labute approximate surface area is 138 Å². The molecule has 0 bridgehead atoms. The molecule has 1 aromatic carbocycles. The van der Waals surface area contributed by atoms with E-state index >= 15 is 0 Å². The monoisotopic (exact) mass is 334 g/mol. The minimum Gasteiger partial charge on any atom is -0.449 e. The molecule has 1 aromatic heterocycles. The van der Waals surface area contributed by atoms with E-state index in [2.05, 4.69) is 10.3 Å². The number of hydrogen-bond acceptors (Lipinski definition) is 6. The molecule has 0 radical (unpaired) electrons. The van der Waals surface area contributed by atoms with Crippen LogP contribution in [-0.4, -0.2) is 43.2 Å². The summed E-state index contributed by atoms with van der Waals surface area (Å²) >= 11 is 1.48. The van der Waals surface area contributed by atoms with Crippen LogP contribution in [0.15, 0.2) is 30.3 Å². The van der Waals surface area contributed by atoms with Gasteiger partial charge in [-0.25, -0.2) is 9.78 Å². The minimum absolute atomic E-state index is 0.358. The molecule has 2 rings (SSSR count). The molecule has 0 aliphatic heterocycles. The van der Waals surface area contributed by atoms with Crippen LogP contribution in [0, 0.1) is 0 Å². The number of hydrogen-bond donors (Lipinski definition) is 1. The van der Waals surface area contributed by atoms with Gasteiger partial charge in [0.2, 0.25) is 0 Å². The SMILES string of the molecule is COCCNC(=O)[C@@H](C)OC(=O)/C=C/c1nc2ccccc2s1. The van der Waals surface area contributed by atoms with Crippen molar-refractivity contribution in [2.75, 3.05) is 20.3 Å². The van der Waals surface area contributed by atoms with E-state index in [4.69, 9.17) is 9.47 Å². The summed E-state index contributed by atoms with van der Waals surface area (Å²) in [5.41, 5.74) is 0.886. The number of benzene rings is 1. The van der Waals surface area contributed by atoms with Gasteiger partial charge >= 0.3 is 5.97 Å². The number of nitrogens with one attached hydrogen (secondary N) is 1. The number of fused-ring (bicyclic) bond motifs is 1. The standard InChI is InChI=1S/C16H18N2O4S/c1-11(16(20)17-9-10-21-2)22-15(19)8-7-14-18-12-5-3-4-6-13(12)23-14/h3-8,11H,9-10H2,1-2H3,(H,17,20)/b8-7+/t11-/m1/s1. The van der Waals surface area contributed by atoms with Gasteiger partial charge in [-0.05, 0) is 25.1 Å². The summed E-state index contributed by atoms with van der Waals surface area (Å²) in [7, 11) is 1.54. The van der Waals surface area contributed by atoms with Gasteiger partial charge in [0, 0.05) is 19.7 Å². The summed E-state index contributed by atoms with van der Waals surface area (Å²) in [6, 6.07) is 7.73. The largest absolute Gasteiger partial charge is 0.449 e. The third-order valence-corrected chi connectivity index (χ3v) is 3.94. The molecule has 0 unspecified atom stereocenters. The Balaban J connectivity index is 1.87. The molecular formula is C16H18N2O4S. The van der Waals surface area contributed by atoms with Crippen molar-refractivity contribution in [3.8, 4) is 0 Å². The van der Waals surface area contributed by atoms with E-state index in [-0.39, 0.29) is 5.91 Å². The van der Waals surface area contributed by atoms with Crippen molar-refractivity contribution in [2.45, 2.75) is 13.0 Å². The molecule has 23 heavy (non-hydrogen) atoms. The first-order valence-corrected chi connectivity index (χ1v) is 7.92. The van der Waals surface area contributed by atoms with E-state index in [0.717, 1.165) is 10.2 Å². The van der Waals surface area contributed by atoms with Crippen molar-refractivity contribution in [3.05, 3.63) is 35.3 Å². The summed E-state index contributed by atoms with van der Waals surface area (Å²) in [5.74, 6) is -0.942. The van der Waals surface area contributed by atoms with Gasteiger partial charge in [0.05, 0.1) is 16.8 Å². The van der Waals surface area contributed by atoms with Gasteiger partial charge in [0.15, 0.2) is 6.10 Å². The van der Waals surface area contributed by atoms with Gasteiger partial charge in [-0.15, -0.1) is 11.3 Å². The second-order valence-electron chi connectivity index (χ2n) is 4.72.